The van der Waals surface area contributed by atoms with Gasteiger partial charge in [0, 0.05) is 0 Å². The fourth-order valence-corrected chi connectivity index (χ4v) is 3.13. The first kappa shape index (κ1) is 12.6. The van der Waals surface area contributed by atoms with Gasteiger partial charge in [0.05, 0.1) is 11.8 Å². The Labute approximate surface area is 103 Å². The summed E-state index contributed by atoms with van der Waals surface area (Å²) < 4.78 is 4.72. The van der Waals surface area contributed by atoms with Crippen molar-refractivity contribution in [2.45, 2.75) is 52.4 Å². The van der Waals surface area contributed by atoms with Crippen LogP contribution in [0, 0.1) is 23.7 Å². The molecule has 3 atom stereocenters. The Morgan fingerprint density at radius 2 is 1.88 bits per heavy atom. The quantitative estimate of drug-likeness (QED) is 0.558. The summed E-state index contributed by atoms with van der Waals surface area (Å²) >= 11 is 0. The summed E-state index contributed by atoms with van der Waals surface area (Å²) in [6, 6.07) is 0. The van der Waals surface area contributed by atoms with Crippen LogP contribution in [0.25, 0.3) is 0 Å². The van der Waals surface area contributed by atoms with E-state index in [4.69, 9.17) is 4.74 Å². The maximum absolute atomic E-state index is 11.5. The third-order valence-electron chi connectivity index (χ3n) is 4.16. The third-order valence-corrected chi connectivity index (χ3v) is 4.16. The van der Waals surface area contributed by atoms with E-state index in [0.717, 1.165) is 25.2 Å². The highest BCUT2D eigenvalue weighted by atomic mass is 16.6. The average Bonchev–Trinajstić information content (AvgIpc) is 2.54. The van der Waals surface area contributed by atoms with Crippen molar-refractivity contribution in [1.82, 2.24) is 0 Å². The minimum atomic E-state index is -0.277. The topological polar surface area (TPSA) is 43.4 Å². The van der Waals surface area contributed by atoms with E-state index in [1.54, 1.807) is 0 Å². The molecule has 0 aromatic carbocycles. The Morgan fingerprint density at radius 1 is 1.18 bits per heavy atom. The fourth-order valence-electron chi connectivity index (χ4n) is 3.13. The van der Waals surface area contributed by atoms with Crippen LogP contribution in [-0.4, -0.2) is 11.9 Å². The highest BCUT2D eigenvalue weighted by Gasteiger charge is 2.47. The van der Waals surface area contributed by atoms with Crippen LogP contribution in [0.4, 0.5) is 0 Å². The van der Waals surface area contributed by atoms with Crippen molar-refractivity contribution < 1.29 is 14.3 Å². The number of esters is 2. The van der Waals surface area contributed by atoms with E-state index in [0.29, 0.717) is 5.92 Å². The van der Waals surface area contributed by atoms with Crippen molar-refractivity contribution >= 4 is 11.9 Å². The second-order valence-corrected chi connectivity index (χ2v) is 5.96. The van der Waals surface area contributed by atoms with Crippen LogP contribution in [0.3, 0.4) is 0 Å². The highest BCUT2D eigenvalue weighted by molar-refractivity contribution is 5.96. The summed E-state index contributed by atoms with van der Waals surface area (Å²) in [5.74, 6) is 0.580. The highest BCUT2D eigenvalue weighted by Crippen LogP contribution is 2.41. The molecule has 2 aliphatic rings. The SMILES string of the molecule is CC(C)CCCC1CCC2C(=O)OC(=O)C2C1. The summed E-state index contributed by atoms with van der Waals surface area (Å²) in [6.45, 7) is 4.48. The lowest BCUT2D eigenvalue weighted by Gasteiger charge is -2.27. The van der Waals surface area contributed by atoms with Gasteiger partial charge in [0.1, 0.15) is 0 Å². The minimum Gasteiger partial charge on any atom is -0.393 e. The second kappa shape index (κ2) is 5.19. The Hall–Kier alpha value is -0.860. The first-order valence-electron chi connectivity index (χ1n) is 6.83. The lowest BCUT2D eigenvalue weighted by molar-refractivity contribution is -0.153. The predicted octanol–water partition coefficient (Wildman–Crippen LogP) is 2.93. The van der Waals surface area contributed by atoms with Gasteiger partial charge in [-0.2, -0.15) is 0 Å². The standard InChI is InChI=1S/C14H22O3/c1-9(2)4-3-5-10-6-7-11-12(8-10)14(16)17-13(11)15/h9-12H,3-8H2,1-2H3. The summed E-state index contributed by atoms with van der Waals surface area (Å²) in [4.78, 5) is 22.9. The van der Waals surface area contributed by atoms with Gasteiger partial charge in [-0.1, -0.05) is 33.1 Å². The zero-order valence-electron chi connectivity index (χ0n) is 10.8. The van der Waals surface area contributed by atoms with E-state index in [9.17, 15) is 9.59 Å². The fraction of sp³-hybridized carbons (Fsp3) is 0.857. The number of ether oxygens (including phenoxy) is 1. The molecule has 1 saturated heterocycles. The van der Waals surface area contributed by atoms with E-state index in [2.05, 4.69) is 13.8 Å². The molecule has 1 heterocycles. The first-order chi connectivity index (χ1) is 8.08. The van der Waals surface area contributed by atoms with Crippen LogP contribution in [-0.2, 0) is 14.3 Å². The molecule has 0 amide bonds. The van der Waals surface area contributed by atoms with Gasteiger partial charge in [-0.25, -0.2) is 0 Å². The van der Waals surface area contributed by atoms with Gasteiger partial charge in [-0.05, 0) is 31.1 Å². The van der Waals surface area contributed by atoms with Gasteiger partial charge >= 0.3 is 11.9 Å². The monoisotopic (exact) mass is 238 g/mol. The maximum Gasteiger partial charge on any atom is 0.317 e. The second-order valence-electron chi connectivity index (χ2n) is 5.96. The van der Waals surface area contributed by atoms with Crippen LogP contribution in [0.2, 0.25) is 0 Å². The van der Waals surface area contributed by atoms with E-state index in [1.807, 2.05) is 0 Å². The van der Waals surface area contributed by atoms with Crippen LogP contribution >= 0.6 is 0 Å². The van der Waals surface area contributed by atoms with E-state index < -0.39 is 0 Å². The molecular weight excluding hydrogens is 216 g/mol. The summed E-state index contributed by atoms with van der Waals surface area (Å²) in [6.07, 6.45) is 6.50. The van der Waals surface area contributed by atoms with Gasteiger partial charge < -0.3 is 4.74 Å². The maximum atomic E-state index is 11.5. The van der Waals surface area contributed by atoms with Crippen LogP contribution in [0.1, 0.15) is 52.4 Å². The molecule has 1 saturated carbocycles. The largest absolute Gasteiger partial charge is 0.393 e. The van der Waals surface area contributed by atoms with Crippen molar-refractivity contribution in [2.24, 2.45) is 23.7 Å². The Balaban J connectivity index is 1.81. The molecule has 0 bridgehead atoms. The number of carbonyl (C=O) groups excluding carboxylic acids is 2. The lowest BCUT2D eigenvalue weighted by atomic mass is 9.73. The van der Waals surface area contributed by atoms with Crippen molar-refractivity contribution in [3.05, 3.63) is 0 Å². The number of fused-ring (bicyclic) bond motifs is 1. The number of hydrogen-bond acceptors (Lipinski definition) is 3. The first-order valence-corrected chi connectivity index (χ1v) is 6.83. The van der Waals surface area contributed by atoms with Gasteiger partial charge in [-0.3, -0.25) is 9.59 Å². The van der Waals surface area contributed by atoms with Gasteiger partial charge in [0.25, 0.3) is 0 Å². The minimum absolute atomic E-state index is 0.121. The van der Waals surface area contributed by atoms with Crippen molar-refractivity contribution in [2.75, 3.05) is 0 Å². The number of hydrogen-bond donors (Lipinski definition) is 0. The van der Waals surface area contributed by atoms with Crippen molar-refractivity contribution in [3.63, 3.8) is 0 Å². The van der Waals surface area contributed by atoms with Crippen LogP contribution in [0.5, 0.6) is 0 Å². The van der Waals surface area contributed by atoms with Gasteiger partial charge in [0.2, 0.25) is 0 Å². The van der Waals surface area contributed by atoms with Gasteiger partial charge in [-0.15, -0.1) is 0 Å². The van der Waals surface area contributed by atoms with E-state index in [1.165, 1.54) is 19.3 Å². The molecule has 0 spiro atoms. The Morgan fingerprint density at radius 3 is 2.59 bits per heavy atom. The molecule has 3 nitrogen and oxygen atoms in total. The van der Waals surface area contributed by atoms with E-state index >= 15 is 0 Å². The van der Waals surface area contributed by atoms with Crippen LogP contribution < -0.4 is 0 Å². The number of carbonyl (C=O) groups is 2. The molecule has 0 aromatic rings. The number of cyclic esters (lactones) is 2. The zero-order valence-corrected chi connectivity index (χ0v) is 10.8. The molecule has 1 aliphatic carbocycles. The van der Waals surface area contributed by atoms with Crippen molar-refractivity contribution in [1.29, 1.82) is 0 Å². The van der Waals surface area contributed by atoms with Crippen LogP contribution in [0.15, 0.2) is 0 Å². The number of rotatable bonds is 4. The Bertz CT molecular complexity index is 309. The normalized spacial score (nSPS) is 32.8. The molecule has 0 aromatic heterocycles. The van der Waals surface area contributed by atoms with Crippen molar-refractivity contribution in [3.8, 4) is 0 Å². The molecular formula is C14H22O3. The third kappa shape index (κ3) is 2.88. The summed E-state index contributed by atoms with van der Waals surface area (Å²) in [5, 5.41) is 0. The molecule has 96 valence electrons. The molecule has 0 radical (unpaired) electrons. The molecule has 3 heteroatoms. The average molecular weight is 238 g/mol. The summed E-state index contributed by atoms with van der Waals surface area (Å²) in [5.41, 5.74) is 0. The smallest absolute Gasteiger partial charge is 0.317 e. The van der Waals surface area contributed by atoms with E-state index in [-0.39, 0.29) is 23.8 Å². The van der Waals surface area contributed by atoms with Gasteiger partial charge in [0.15, 0.2) is 0 Å². The molecule has 2 rings (SSSR count). The summed E-state index contributed by atoms with van der Waals surface area (Å²) in [7, 11) is 0. The molecule has 17 heavy (non-hydrogen) atoms. The lowest BCUT2D eigenvalue weighted by Crippen LogP contribution is -2.27. The Kier molecular flexibility index (Phi) is 3.85. The zero-order chi connectivity index (χ0) is 12.4. The molecule has 0 N–H and O–H groups in total. The molecule has 1 aliphatic heterocycles. The molecule has 2 fully saturated rings. The molecule has 3 unspecified atom stereocenters. The predicted molar refractivity (Wildman–Crippen MR) is 64.1 cm³/mol.